The Kier molecular flexibility index (Phi) is 0.473. The molecule has 0 aromatic carbocycles. The first kappa shape index (κ1) is 1.58. The van der Waals surface area contributed by atoms with Gasteiger partial charge in [0.25, 0.3) is 0 Å². The second-order valence-corrected chi connectivity index (χ2v) is 1.95. The Morgan fingerprint density at radius 2 is 2.00 bits per heavy atom. The van der Waals surface area contributed by atoms with E-state index >= 15 is 0 Å². The van der Waals surface area contributed by atoms with E-state index in [-0.39, 0.29) is 0 Å². The summed E-state index contributed by atoms with van der Waals surface area (Å²) < 4.78 is 77.1. The Bertz CT molecular complexity index is 357. The van der Waals surface area contributed by atoms with Crippen LogP contribution in [0.15, 0.2) is 0 Å². The van der Waals surface area contributed by atoms with Crippen molar-refractivity contribution >= 4 is 0 Å². The maximum absolute atomic E-state index is 7.90. The molecule has 1 rings (SSSR count). The van der Waals surface area contributed by atoms with E-state index in [1.54, 1.807) is 0 Å². The normalized spacial score (nSPS) is 102. The second kappa shape index (κ2) is 2.70. The molecule has 0 radical (unpaired) electrons. The summed E-state index contributed by atoms with van der Waals surface area (Å²) in [5.74, 6) is -5.30. The van der Waals surface area contributed by atoms with Crippen LogP contribution >= 0.6 is 0 Å². The third-order valence-electron chi connectivity index (χ3n) is 0.977. The highest BCUT2D eigenvalue weighted by atomic mass is 16.3. The van der Waals surface area contributed by atoms with Gasteiger partial charge in [-0.1, -0.05) is 13.8 Å². The largest absolute Gasteiger partial charge is 0.393 e. The van der Waals surface area contributed by atoms with Crippen LogP contribution in [0.2, 0.25) is 0 Å². The van der Waals surface area contributed by atoms with Crippen molar-refractivity contribution in [3.05, 3.63) is 0 Å². The van der Waals surface area contributed by atoms with Gasteiger partial charge >= 0.3 is 0 Å². The average Bonchev–Trinajstić information content (AvgIpc) is 2.24. The van der Waals surface area contributed by atoms with E-state index in [0.717, 1.165) is 13.8 Å². The Balaban J connectivity index is 3.76. The van der Waals surface area contributed by atoms with Crippen LogP contribution in [-0.4, -0.2) is 12.6 Å². The van der Waals surface area contributed by atoms with Crippen LogP contribution in [-0.2, 0) is 0 Å². The molecule has 1 saturated carbocycles. The first-order chi connectivity index (χ1) is 8.06. The van der Waals surface area contributed by atoms with E-state index in [4.69, 9.17) is 13.8 Å². The fourth-order valence-corrected chi connectivity index (χ4v) is 0.716. The molecule has 1 heteroatoms. The Morgan fingerprint density at radius 1 is 1.44 bits per heavy atom. The zero-order valence-corrected chi connectivity index (χ0v) is 5.41. The fourth-order valence-electron chi connectivity index (χ4n) is 0.716. The van der Waals surface area contributed by atoms with Gasteiger partial charge in [0.1, 0.15) is 0 Å². The van der Waals surface area contributed by atoms with Crippen molar-refractivity contribution in [2.75, 3.05) is 0 Å². The molecule has 1 N–H and O–H groups in total. The van der Waals surface area contributed by atoms with Gasteiger partial charge in [0.15, 0.2) is 0 Å². The van der Waals surface area contributed by atoms with Crippen LogP contribution in [0.25, 0.3) is 0 Å². The second-order valence-electron chi connectivity index (χ2n) is 1.95. The lowest BCUT2D eigenvalue weighted by Gasteiger charge is -2.27. The van der Waals surface area contributed by atoms with Crippen molar-refractivity contribution in [1.82, 2.24) is 0 Å². The van der Waals surface area contributed by atoms with Gasteiger partial charge in [-0.05, 0) is 30.9 Å². The standard InChI is InChI=1S/C8H16O/c1-6-3-7(2)5-8(9)4-6/h6-9H,3-5H2,1-2H3/i3D2,4D2,5D2,6D,7D,8D,9D. The predicted molar refractivity (Wildman–Crippen MR) is 38.2 cm³/mol. The molecular formula is C8H16O. The summed E-state index contributed by atoms with van der Waals surface area (Å²) in [6.45, 7) is 1.69. The molecule has 1 aliphatic carbocycles. The molecule has 0 amide bonds. The van der Waals surface area contributed by atoms with E-state index in [9.17, 15) is 0 Å². The molecule has 1 nitrogen and oxygen atoms in total. The minimum Gasteiger partial charge on any atom is -0.393 e. The van der Waals surface area contributed by atoms with E-state index in [1.807, 2.05) is 0 Å². The summed E-state index contributed by atoms with van der Waals surface area (Å²) in [6, 6.07) is 0. The highest BCUT2D eigenvalue weighted by Gasteiger charge is 2.21. The summed E-state index contributed by atoms with van der Waals surface area (Å²) in [5, 5.41) is 3.93. The molecule has 0 saturated heterocycles. The Morgan fingerprint density at radius 3 is 2.44 bits per heavy atom. The quantitative estimate of drug-likeness (QED) is 0.586. The third kappa shape index (κ3) is 1.98. The molecule has 0 aliphatic heterocycles. The van der Waals surface area contributed by atoms with Gasteiger partial charge in [0, 0.05) is 11.0 Å². The van der Waals surface area contributed by atoms with Crippen molar-refractivity contribution in [1.29, 1.82) is 1.43 Å². The van der Waals surface area contributed by atoms with Crippen LogP contribution in [0.5, 0.6) is 0 Å². The monoisotopic (exact) mass is 138 g/mol. The van der Waals surface area contributed by atoms with Crippen molar-refractivity contribution in [2.24, 2.45) is 11.8 Å². The zero-order chi connectivity index (χ0) is 15.7. The maximum atomic E-state index is 7.90. The summed E-state index contributed by atoms with van der Waals surface area (Å²) in [5.41, 5.74) is 0. The Labute approximate surface area is 71.2 Å². The SMILES string of the molecule is [2H]OC1([2H])C([2H])([2H])C([2H])(C)C([2H])([2H])C([2H])(C)C1([2H])[2H]. The predicted octanol–water partition coefficient (Wildman–Crippen LogP) is 1.80. The molecule has 0 heterocycles. The van der Waals surface area contributed by atoms with E-state index in [0.29, 0.717) is 0 Å². The number of hydrogen-bond donors (Lipinski definition) is 1. The first-order valence-corrected chi connectivity index (χ1v) is 2.70. The Hall–Kier alpha value is -0.0400. The molecule has 2 atom stereocenters. The molecule has 1 aliphatic rings. The van der Waals surface area contributed by atoms with Crippen LogP contribution in [0.1, 0.15) is 45.3 Å². The molecular weight excluding hydrogens is 112 g/mol. The number of rotatable bonds is 1. The molecule has 1 fully saturated rings. The van der Waals surface area contributed by atoms with E-state index in [2.05, 4.69) is 5.11 Å². The lowest BCUT2D eigenvalue weighted by Crippen LogP contribution is -2.22. The topological polar surface area (TPSA) is 20.2 Å². The van der Waals surface area contributed by atoms with E-state index < -0.39 is 37.0 Å². The summed E-state index contributed by atoms with van der Waals surface area (Å²) in [6.07, 6.45) is -12.4. The molecule has 2 unspecified atom stereocenters. The van der Waals surface area contributed by atoms with Crippen molar-refractivity contribution < 1.29 is 17.4 Å². The van der Waals surface area contributed by atoms with Gasteiger partial charge in [-0.15, -0.1) is 0 Å². The van der Waals surface area contributed by atoms with Gasteiger partial charge in [-0.2, -0.15) is 0 Å². The molecule has 0 bridgehead atoms. The van der Waals surface area contributed by atoms with Crippen molar-refractivity contribution in [3.63, 3.8) is 0 Å². The van der Waals surface area contributed by atoms with Crippen LogP contribution < -0.4 is 0 Å². The molecule has 54 valence electrons. The van der Waals surface area contributed by atoms with Crippen LogP contribution in [0.4, 0.5) is 0 Å². The first-order valence-electron chi connectivity index (χ1n) is 7.61. The summed E-state index contributed by atoms with van der Waals surface area (Å²) in [4.78, 5) is 0. The zero-order valence-electron chi connectivity index (χ0n) is 15.4. The lowest BCUT2D eigenvalue weighted by molar-refractivity contribution is 0.0804. The van der Waals surface area contributed by atoms with Gasteiger partial charge in [0.05, 0.1) is 7.45 Å². The maximum Gasteiger partial charge on any atom is 0.210 e. The number of hydrogen-bond acceptors (Lipinski definition) is 1. The smallest absolute Gasteiger partial charge is 0.210 e. The van der Waals surface area contributed by atoms with Gasteiger partial charge < -0.3 is 5.11 Å². The number of aliphatic hydroxyl groups is 1. The highest BCUT2D eigenvalue weighted by Crippen LogP contribution is 2.27. The highest BCUT2D eigenvalue weighted by molar-refractivity contribution is 4.73. The van der Waals surface area contributed by atoms with Crippen LogP contribution in [0, 0.1) is 11.8 Å². The summed E-state index contributed by atoms with van der Waals surface area (Å²) in [7, 11) is 0. The molecule has 0 aromatic rings. The average molecular weight is 138 g/mol. The van der Waals surface area contributed by atoms with Gasteiger partial charge in [0.2, 0.25) is 1.43 Å². The summed E-state index contributed by atoms with van der Waals surface area (Å²) >= 11 is 0. The van der Waals surface area contributed by atoms with Crippen LogP contribution in [0.3, 0.4) is 0 Å². The third-order valence-corrected chi connectivity index (χ3v) is 0.977. The molecule has 0 spiro atoms. The lowest BCUT2D eigenvalue weighted by atomic mass is 9.82. The van der Waals surface area contributed by atoms with Gasteiger partial charge in [-0.3, -0.25) is 0 Å². The van der Waals surface area contributed by atoms with E-state index in [1.165, 1.54) is 0 Å². The minimum absolute atomic E-state index is 0.845. The molecule has 0 aromatic heterocycles. The van der Waals surface area contributed by atoms with Gasteiger partial charge in [-0.25, -0.2) is 0 Å². The molecule has 9 heavy (non-hydrogen) atoms. The minimum atomic E-state index is -3.20. The van der Waals surface area contributed by atoms with Crippen molar-refractivity contribution in [2.45, 2.75) is 39.0 Å². The fraction of sp³-hybridized carbons (Fsp3) is 1.00. The van der Waals surface area contributed by atoms with Crippen molar-refractivity contribution in [3.8, 4) is 0 Å².